The maximum Gasteiger partial charge on any atom is 0.311 e. The number of nitrogens with one attached hydrogen (secondary N) is 2. The lowest BCUT2D eigenvalue weighted by Gasteiger charge is -2.27. The molecule has 0 amide bonds. The van der Waals surface area contributed by atoms with Crippen LogP contribution in [0.3, 0.4) is 0 Å². The topological polar surface area (TPSA) is 140 Å². The number of methoxy groups -OCH3 is 1. The average Bonchev–Trinajstić information content (AvgIpc) is 2.93. The first kappa shape index (κ1) is 23.9. The van der Waals surface area contributed by atoms with Crippen LogP contribution >= 0.6 is 0 Å². The molecule has 1 aliphatic heterocycles. The molecular formula is C25H24N8O4. The summed E-state index contributed by atoms with van der Waals surface area (Å²) < 4.78 is 10.7. The van der Waals surface area contributed by atoms with Crippen LogP contribution in [-0.2, 0) is 4.74 Å². The van der Waals surface area contributed by atoms with Gasteiger partial charge in [-0.25, -0.2) is 5.43 Å². The van der Waals surface area contributed by atoms with Gasteiger partial charge < -0.3 is 19.7 Å². The molecule has 0 spiro atoms. The van der Waals surface area contributed by atoms with Gasteiger partial charge in [-0.2, -0.15) is 20.1 Å². The van der Waals surface area contributed by atoms with Crippen molar-refractivity contribution in [1.82, 2.24) is 15.0 Å². The van der Waals surface area contributed by atoms with Gasteiger partial charge in [0, 0.05) is 35.8 Å². The van der Waals surface area contributed by atoms with Gasteiger partial charge in [0.25, 0.3) is 0 Å². The lowest BCUT2D eigenvalue weighted by Crippen LogP contribution is -2.37. The smallest absolute Gasteiger partial charge is 0.311 e. The summed E-state index contributed by atoms with van der Waals surface area (Å²) in [5.74, 6) is 1.14. The zero-order valence-electron chi connectivity index (χ0n) is 20.0. The highest BCUT2D eigenvalue weighted by Crippen LogP contribution is 2.29. The van der Waals surface area contributed by atoms with Gasteiger partial charge in [0.1, 0.15) is 0 Å². The van der Waals surface area contributed by atoms with Gasteiger partial charge >= 0.3 is 5.69 Å². The molecule has 0 unspecified atom stereocenters. The number of nitro benzene ring substituents is 1. The van der Waals surface area contributed by atoms with Crippen LogP contribution in [0.5, 0.6) is 5.75 Å². The molecule has 2 heterocycles. The minimum absolute atomic E-state index is 0.112. The summed E-state index contributed by atoms with van der Waals surface area (Å²) in [6.45, 7) is 2.44. The zero-order valence-corrected chi connectivity index (χ0v) is 20.0. The molecule has 0 atom stereocenters. The van der Waals surface area contributed by atoms with Crippen LogP contribution in [0.15, 0.2) is 65.8 Å². The van der Waals surface area contributed by atoms with Crippen molar-refractivity contribution >= 4 is 46.2 Å². The number of hydrazone groups is 1. The van der Waals surface area contributed by atoms with Crippen molar-refractivity contribution in [3.05, 3.63) is 76.3 Å². The Labute approximate surface area is 212 Å². The summed E-state index contributed by atoms with van der Waals surface area (Å²) >= 11 is 0. The minimum atomic E-state index is -0.505. The number of anilines is 4. The molecule has 1 saturated heterocycles. The number of nitrogens with zero attached hydrogens (tertiary/aromatic N) is 6. The largest absolute Gasteiger partial charge is 0.490 e. The second kappa shape index (κ2) is 10.8. The molecule has 12 heteroatoms. The van der Waals surface area contributed by atoms with Crippen LogP contribution in [0.25, 0.3) is 10.8 Å². The molecule has 1 aromatic heterocycles. The Morgan fingerprint density at radius 3 is 2.59 bits per heavy atom. The fourth-order valence-corrected chi connectivity index (χ4v) is 4.00. The highest BCUT2D eigenvalue weighted by molar-refractivity contribution is 5.95. The molecule has 1 fully saturated rings. The SMILES string of the molecule is COc1c(C=NNc2nc(Nc3cccc4ccccc34)nc(N3CCOCC3)n2)cccc1[N+](=O)[O-]. The van der Waals surface area contributed by atoms with E-state index in [1.165, 1.54) is 19.4 Å². The summed E-state index contributed by atoms with van der Waals surface area (Å²) in [4.78, 5) is 26.5. The highest BCUT2D eigenvalue weighted by atomic mass is 16.6. The second-order valence-corrected chi connectivity index (χ2v) is 8.06. The van der Waals surface area contributed by atoms with E-state index in [1.807, 2.05) is 47.4 Å². The van der Waals surface area contributed by atoms with Crippen LogP contribution < -0.4 is 20.4 Å². The molecule has 0 bridgehead atoms. The van der Waals surface area contributed by atoms with E-state index >= 15 is 0 Å². The first-order chi connectivity index (χ1) is 18.1. The number of rotatable bonds is 8. The summed E-state index contributed by atoms with van der Waals surface area (Å²) in [6, 6.07) is 18.6. The van der Waals surface area contributed by atoms with Gasteiger partial charge in [0.2, 0.25) is 23.6 Å². The Kier molecular flexibility index (Phi) is 6.99. The Morgan fingerprint density at radius 2 is 1.78 bits per heavy atom. The van der Waals surface area contributed by atoms with Gasteiger partial charge in [-0.15, -0.1) is 0 Å². The zero-order chi connectivity index (χ0) is 25.6. The van der Waals surface area contributed by atoms with Crippen molar-refractivity contribution in [1.29, 1.82) is 0 Å². The van der Waals surface area contributed by atoms with E-state index < -0.39 is 4.92 Å². The summed E-state index contributed by atoms with van der Waals surface area (Å²) in [5, 5.41) is 20.9. The highest BCUT2D eigenvalue weighted by Gasteiger charge is 2.18. The lowest BCUT2D eigenvalue weighted by atomic mass is 10.1. The summed E-state index contributed by atoms with van der Waals surface area (Å²) in [6.07, 6.45) is 1.42. The maximum atomic E-state index is 11.3. The Bertz CT molecular complexity index is 1450. The fraction of sp³-hybridized carbons (Fsp3) is 0.200. The Hall–Kier alpha value is -4.84. The lowest BCUT2D eigenvalue weighted by molar-refractivity contribution is -0.385. The maximum absolute atomic E-state index is 11.3. The van der Waals surface area contributed by atoms with Crippen molar-refractivity contribution in [3.63, 3.8) is 0 Å². The second-order valence-electron chi connectivity index (χ2n) is 8.06. The fourth-order valence-electron chi connectivity index (χ4n) is 4.00. The van der Waals surface area contributed by atoms with E-state index in [4.69, 9.17) is 9.47 Å². The predicted molar refractivity (Wildman–Crippen MR) is 141 cm³/mol. The van der Waals surface area contributed by atoms with Crippen LogP contribution in [-0.4, -0.2) is 59.5 Å². The number of hydrogen-bond acceptors (Lipinski definition) is 11. The molecule has 2 N–H and O–H groups in total. The minimum Gasteiger partial charge on any atom is -0.490 e. The first-order valence-electron chi connectivity index (χ1n) is 11.6. The molecule has 4 aromatic rings. The number of morpholine rings is 1. The third kappa shape index (κ3) is 5.38. The molecule has 0 radical (unpaired) electrons. The third-order valence-electron chi connectivity index (χ3n) is 5.75. The molecule has 1 aliphatic rings. The van der Waals surface area contributed by atoms with E-state index in [0.717, 1.165) is 16.5 Å². The number of fused-ring (bicyclic) bond motifs is 1. The number of nitro groups is 1. The first-order valence-corrected chi connectivity index (χ1v) is 11.6. The molecule has 0 saturated carbocycles. The molecule has 0 aliphatic carbocycles. The standard InChI is InChI=1S/C25H24N8O4/c1-36-22-18(8-5-11-21(22)33(34)35)16-26-31-24-28-23(29-25(30-24)32-12-14-37-15-13-32)27-20-10-4-7-17-6-2-3-9-19(17)20/h2-11,16H,12-15H2,1H3,(H2,27,28,29,30,31). The number of hydrogen-bond donors (Lipinski definition) is 2. The van der Waals surface area contributed by atoms with Gasteiger partial charge in [0.15, 0.2) is 0 Å². The van der Waals surface area contributed by atoms with Crippen molar-refractivity contribution in [2.45, 2.75) is 0 Å². The molecule has 37 heavy (non-hydrogen) atoms. The van der Waals surface area contributed by atoms with Crippen LogP contribution in [0.1, 0.15) is 5.56 Å². The monoisotopic (exact) mass is 500 g/mol. The number of para-hydroxylation sites is 1. The van der Waals surface area contributed by atoms with E-state index in [-0.39, 0.29) is 17.4 Å². The predicted octanol–water partition coefficient (Wildman–Crippen LogP) is 3.97. The van der Waals surface area contributed by atoms with Crippen molar-refractivity contribution in [2.75, 3.05) is 49.1 Å². The van der Waals surface area contributed by atoms with Crippen LogP contribution in [0.2, 0.25) is 0 Å². The summed E-state index contributed by atoms with van der Waals surface area (Å²) in [5.41, 5.74) is 3.96. The van der Waals surface area contributed by atoms with Crippen LogP contribution in [0, 0.1) is 10.1 Å². The van der Waals surface area contributed by atoms with Crippen molar-refractivity contribution in [3.8, 4) is 5.75 Å². The van der Waals surface area contributed by atoms with E-state index in [9.17, 15) is 10.1 Å². The van der Waals surface area contributed by atoms with Gasteiger partial charge in [0.05, 0.1) is 31.5 Å². The number of benzene rings is 3. The van der Waals surface area contributed by atoms with E-state index in [2.05, 4.69) is 30.8 Å². The van der Waals surface area contributed by atoms with Crippen LogP contribution in [0.4, 0.5) is 29.2 Å². The Balaban J connectivity index is 1.45. The van der Waals surface area contributed by atoms with Gasteiger partial charge in [-0.1, -0.05) is 42.5 Å². The molecule has 5 rings (SSSR count). The van der Waals surface area contributed by atoms with Crippen molar-refractivity contribution in [2.24, 2.45) is 5.10 Å². The molecular weight excluding hydrogens is 476 g/mol. The molecule has 12 nitrogen and oxygen atoms in total. The third-order valence-corrected chi connectivity index (χ3v) is 5.75. The van der Waals surface area contributed by atoms with E-state index in [1.54, 1.807) is 12.1 Å². The number of aromatic nitrogens is 3. The Morgan fingerprint density at radius 1 is 1.03 bits per heavy atom. The normalized spacial score (nSPS) is 13.6. The van der Waals surface area contributed by atoms with Gasteiger partial charge in [-0.3, -0.25) is 10.1 Å². The van der Waals surface area contributed by atoms with E-state index in [0.29, 0.717) is 43.8 Å². The quantitative estimate of drug-likeness (QED) is 0.207. The van der Waals surface area contributed by atoms with Gasteiger partial charge in [-0.05, 0) is 17.5 Å². The molecule has 188 valence electrons. The summed E-state index contributed by atoms with van der Waals surface area (Å²) in [7, 11) is 1.37. The molecule has 3 aromatic carbocycles. The number of ether oxygens (including phenoxy) is 2. The average molecular weight is 501 g/mol. The van der Waals surface area contributed by atoms with Crippen molar-refractivity contribution < 1.29 is 14.4 Å².